The summed E-state index contributed by atoms with van der Waals surface area (Å²) in [5, 5.41) is 0. The van der Waals surface area contributed by atoms with Crippen LogP contribution < -0.4 is 0 Å². The van der Waals surface area contributed by atoms with Crippen LogP contribution in [0, 0.1) is 0 Å². The third-order valence-corrected chi connectivity index (χ3v) is 4.97. The smallest absolute Gasteiger partial charge is 0.0223 e. The van der Waals surface area contributed by atoms with Crippen LogP contribution in [0.25, 0.3) is 0 Å². The minimum atomic E-state index is 0.886. The van der Waals surface area contributed by atoms with Crippen LogP contribution in [0.5, 0.6) is 0 Å². The summed E-state index contributed by atoms with van der Waals surface area (Å²) in [4.78, 5) is 5.53. The average Bonchev–Trinajstić information content (AvgIpc) is 2.64. The van der Waals surface area contributed by atoms with Gasteiger partial charge in [0.1, 0.15) is 0 Å². The first-order chi connectivity index (χ1) is 9.40. The van der Waals surface area contributed by atoms with Crippen molar-refractivity contribution in [2.75, 3.05) is 32.7 Å². The lowest BCUT2D eigenvalue weighted by Gasteiger charge is -2.35. The Balaban J connectivity index is 1.60. The molecule has 0 N–H and O–H groups in total. The maximum absolute atomic E-state index is 2.77. The van der Waals surface area contributed by atoms with Gasteiger partial charge in [-0.3, -0.25) is 4.90 Å². The standard InChI is InChI=1S/C17H34N2/c1-2-3-4-5-6-8-12-18-13-10-15-19-14-9-7-11-17(19)16-18/h17H,2-16H2,1H3. The van der Waals surface area contributed by atoms with E-state index in [2.05, 4.69) is 16.7 Å². The van der Waals surface area contributed by atoms with Gasteiger partial charge < -0.3 is 4.90 Å². The second-order valence-corrected chi connectivity index (χ2v) is 6.61. The van der Waals surface area contributed by atoms with Gasteiger partial charge in [-0.25, -0.2) is 0 Å². The third kappa shape index (κ3) is 5.43. The molecule has 0 aromatic heterocycles. The summed E-state index contributed by atoms with van der Waals surface area (Å²) >= 11 is 0. The first-order valence-corrected chi connectivity index (χ1v) is 8.86. The molecule has 112 valence electrons. The highest BCUT2D eigenvalue weighted by molar-refractivity contribution is 4.83. The fourth-order valence-electron chi connectivity index (χ4n) is 3.77. The molecule has 2 aliphatic rings. The molecule has 2 saturated heterocycles. The van der Waals surface area contributed by atoms with E-state index in [-0.39, 0.29) is 0 Å². The normalized spacial score (nSPS) is 26.1. The Bertz CT molecular complexity index is 229. The van der Waals surface area contributed by atoms with Gasteiger partial charge >= 0.3 is 0 Å². The Kier molecular flexibility index (Phi) is 7.23. The van der Waals surface area contributed by atoms with E-state index >= 15 is 0 Å². The predicted octanol–water partition coefficient (Wildman–Crippen LogP) is 3.91. The van der Waals surface area contributed by atoms with E-state index in [1.807, 2.05) is 0 Å². The molecule has 1 unspecified atom stereocenters. The number of fused-ring (bicyclic) bond motifs is 1. The molecular weight excluding hydrogens is 232 g/mol. The molecule has 2 fully saturated rings. The van der Waals surface area contributed by atoms with Gasteiger partial charge in [0.25, 0.3) is 0 Å². The fraction of sp³-hybridized carbons (Fsp3) is 1.00. The molecule has 2 heteroatoms. The minimum absolute atomic E-state index is 0.886. The van der Waals surface area contributed by atoms with Gasteiger partial charge in [0.2, 0.25) is 0 Å². The lowest BCUT2D eigenvalue weighted by Crippen LogP contribution is -2.44. The monoisotopic (exact) mass is 266 g/mol. The average molecular weight is 266 g/mol. The summed E-state index contributed by atoms with van der Waals surface area (Å²) in [6.45, 7) is 9.09. The molecule has 0 aromatic rings. The number of rotatable bonds is 7. The Labute approximate surface area is 120 Å². The van der Waals surface area contributed by atoms with E-state index in [0.29, 0.717) is 0 Å². The van der Waals surface area contributed by atoms with E-state index in [1.165, 1.54) is 96.9 Å². The molecule has 0 radical (unpaired) electrons. The summed E-state index contributed by atoms with van der Waals surface area (Å²) in [5.74, 6) is 0. The van der Waals surface area contributed by atoms with E-state index in [4.69, 9.17) is 0 Å². The summed E-state index contributed by atoms with van der Waals surface area (Å²) in [7, 11) is 0. The van der Waals surface area contributed by atoms with Gasteiger partial charge in [0.05, 0.1) is 0 Å². The highest BCUT2D eigenvalue weighted by Gasteiger charge is 2.26. The molecule has 2 aliphatic heterocycles. The van der Waals surface area contributed by atoms with Crippen LogP contribution in [0.2, 0.25) is 0 Å². The van der Waals surface area contributed by atoms with Crippen LogP contribution in [0.3, 0.4) is 0 Å². The van der Waals surface area contributed by atoms with E-state index in [0.717, 1.165) is 6.04 Å². The molecule has 0 amide bonds. The van der Waals surface area contributed by atoms with Crippen molar-refractivity contribution in [1.29, 1.82) is 0 Å². The summed E-state index contributed by atoms with van der Waals surface area (Å²) in [6.07, 6.45) is 14.3. The highest BCUT2D eigenvalue weighted by atomic mass is 15.2. The lowest BCUT2D eigenvalue weighted by molar-refractivity contribution is 0.136. The molecule has 2 rings (SSSR count). The van der Waals surface area contributed by atoms with Gasteiger partial charge in [0.15, 0.2) is 0 Å². The lowest BCUT2D eigenvalue weighted by atomic mass is 10.0. The van der Waals surface area contributed by atoms with Crippen LogP contribution in [-0.4, -0.2) is 48.6 Å². The van der Waals surface area contributed by atoms with E-state index in [9.17, 15) is 0 Å². The Hall–Kier alpha value is -0.0800. The number of hydrogen-bond acceptors (Lipinski definition) is 2. The van der Waals surface area contributed by atoms with Crippen LogP contribution >= 0.6 is 0 Å². The highest BCUT2D eigenvalue weighted by Crippen LogP contribution is 2.21. The van der Waals surface area contributed by atoms with Gasteiger partial charge in [-0.05, 0) is 51.9 Å². The molecule has 0 bridgehead atoms. The predicted molar refractivity (Wildman–Crippen MR) is 83.6 cm³/mol. The zero-order chi connectivity index (χ0) is 13.3. The largest absolute Gasteiger partial charge is 0.302 e. The van der Waals surface area contributed by atoms with Crippen LogP contribution in [0.15, 0.2) is 0 Å². The van der Waals surface area contributed by atoms with Gasteiger partial charge in [-0.1, -0.05) is 45.4 Å². The Morgan fingerprint density at radius 1 is 0.842 bits per heavy atom. The van der Waals surface area contributed by atoms with Crippen molar-refractivity contribution < 1.29 is 0 Å². The maximum Gasteiger partial charge on any atom is 0.0223 e. The van der Waals surface area contributed by atoms with Gasteiger partial charge in [0, 0.05) is 12.6 Å². The van der Waals surface area contributed by atoms with Crippen molar-refractivity contribution >= 4 is 0 Å². The van der Waals surface area contributed by atoms with Crippen LogP contribution in [0.1, 0.15) is 71.1 Å². The van der Waals surface area contributed by atoms with Crippen molar-refractivity contribution in [1.82, 2.24) is 9.80 Å². The number of hydrogen-bond donors (Lipinski definition) is 0. The number of piperidine rings is 1. The second kappa shape index (κ2) is 8.97. The fourth-order valence-corrected chi connectivity index (χ4v) is 3.77. The summed E-state index contributed by atoms with van der Waals surface area (Å²) in [5.41, 5.74) is 0. The van der Waals surface area contributed by atoms with Crippen molar-refractivity contribution in [2.24, 2.45) is 0 Å². The zero-order valence-electron chi connectivity index (χ0n) is 13.1. The molecule has 1 atom stereocenters. The molecule has 0 aromatic carbocycles. The maximum atomic E-state index is 2.77. The molecule has 0 spiro atoms. The zero-order valence-corrected chi connectivity index (χ0v) is 13.1. The molecular formula is C17H34N2. The quantitative estimate of drug-likeness (QED) is 0.645. The van der Waals surface area contributed by atoms with Gasteiger partial charge in [-0.15, -0.1) is 0 Å². The third-order valence-electron chi connectivity index (χ3n) is 4.97. The van der Waals surface area contributed by atoms with E-state index in [1.54, 1.807) is 0 Å². The topological polar surface area (TPSA) is 6.48 Å². The Morgan fingerprint density at radius 2 is 1.63 bits per heavy atom. The van der Waals surface area contributed by atoms with Crippen molar-refractivity contribution in [3.05, 3.63) is 0 Å². The summed E-state index contributed by atoms with van der Waals surface area (Å²) in [6, 6.07) is 0.886. The van der Waals surface area contributed by atoms with Crippen LogP contribution in [0.4, 0.5) is 0 Å². The molecule has 2 nitrogen and oxygen atoms in total. The molecule has 0 aliphatic carbocycles. The first-order valence-electron chi connectivity index (χ1n) is 8.86. The van der Waals surface area contributed by atoms with Crippen molar-refractivity contribution in [3.63, 3.8) is 0 Å². The second-order valence-electron chi connectivity index (χ2n) is 6.61. The van der Waals surface area contributed by atoms with Crippen molar-refractivity contribution in [3.8, 4) is 0 Å². The SMILES string of the molecule is CCCCCCCCN1CCCN2CCCCC2C1. The molecule has 19 heavy (non-hydrogen) atoms. The minimum Gasteiger partial charge on any atom is -0.302 e. The van der Waals surface area contributed by atoms with E-state index < -0.39 is 0 Å². The summed E-state index contributed by atoms with van der Waals surface area (Å²) < 4.78 is 0. The van der Waals surface area contributed by atoms with Crippen molar-refractivity contribution in [2.45, 2.75) is 77.2 Å². The molecule has 2 heterocycles. The molecule has 0 saturated carbocycles. The number of unbranched alkanes of at least 4 members (excludes halogenated alkanes) is 5. The Morgan fingerprint density at radius 3 is 2.53 bits per heavy atom. The van der Waals surface area contributed by atoms with Gasteiger partial charge in [-0.2, -0.15) is 0 Å². The van der Waals surface area contributed by atoms with Crippen LogP contribution in [-0.2, 0) is 0 Å². The first kappa shape index (κ1) is 15.3. The number of nitrogens with zero attached hydrogens (tertiary/aromatic N) is 2.